The molecule has 0 radical (unpaired) electrons. The summed E-state index contributed by atoms with van der Waals surface area (Å²) in [5, 5.41) is 22.3. The smallest absolute Gasteiger partial charge is 0.310 e. The van der Waals surface area contributed by atoms with Gasteiger partial charge in [0.1, 0.15) is 0 Å². The molecule has 0 saturated carbocycles. The van der Waals surface area contributed by atoms with Crippen molar-refractivity contribution >= 4 is 52.4 Å². The Hall–Kier alpha value is -4.40. The number of benzene rings is 2. The molecule has 4 aromatic rings. The maximum Gasteiger partial charge on any atom is 0.310 e. The van der Waals surface area contributed by atoms with Crippen LogP contribution in [0.4, 0.5) is 15.8 Å². The Bertz CT molecular complexity index is 1920. The molecule has 50 heavy (non-hydrogen) atoms. The number of pyridine rings is 1. The third-order valence-electron chi connectivity index (χ3n) is 8.94. The number of ether oxygens (including phenoxy) is 1. The lowest BCUT2D eigenvalue weighted by Gasteiger charge is -2.31. The maximum atomic E-state index is 14.8. The van der Waals surface area contributed by atoms with E-state index in [2.05, 4.69) is 30.9 Å². The van der Waals surface area contributed by atoms with Crippen molar-refractivity contribution in [2.45, 2.75) is 38.4 Å². The highest BCUT2D eigenvalue weighted by molar-refractivity contribution is 6.40. The summed E-state index contributed by atoms with van der Waals surface area (Å²) in [6.45, 7) is 2.61. The number of aliphatic hydroxyl groups excluding tert-OH is 1. The first kappa shape index (κ1) is 35.4. The predicted molar refractivity (Wildman–Crippen MR) is 187 cm³/mol. The van der Waals surface area contributed by atoms with Crippen LogP contribution in [-0.4, -0.2) is 75.9 Å². The number of fused-ring (bicyclic) bond motifs is 1. The van der Waals surface area contributed by atoms with Crippen molar-refractivity contribution in [3.8, 4) is 11.1 Å². The van der Waals surface area contributed by atoms with Crippen LogP contribution in [-0.2, 0) is 22.6 Å². The zero-order valence-corrected chi connectivity index (χ0v) is 28.7. The van der Waals surface area contributed by atoms with Gasteiger partial charge < -0.3 is 25.8 Å². The highest BCUT2D eigenvalue weighted by atomic mass is 35.5. The van der Waals surface area contributed by atoms with Crippen LogP contribution in [0.15, 0.2) is 54.7 Å². The van der Waals surface area contributed by atoms with E-state index in [1.165, 1.54) is 19.4 Å². The summed E-state index contributed by atoms with van der Waals surface area (Å²) in [7, 11) is 1.41. The Kier molecular flexibility index (Phi) is 11.1. The summed E-state index contributed by atoms with van der Waals surface area (Å²) in [5.74, 6) is -2.39. The monoisotopic (exact) mass is 723 g/mol. The third kappa shape index (κ3) is 7.52. The minimum Gasteiger partial charge on any atom is -0.469 e. The molecule has 2 aromatic heterocycles. The van der Waals surface area contributed by atoms with Gasteiger partial charge in [-0.3, -0.25) is 24.0 Å². The number of esters is 1. The van der Waals surface area contributed by atoms with E-state index < -0.39 is 23.3 Å². The molecule has 4 N–H and O–H groups in total. The fourth-order valence-electron chi connectivity index (χ4n) is 6.46. The molecule has 2 aliphatic rings. The van der Waals surface area contributed by atoms with E-state index in [9.17, 15) is 18.8 Å². The van der Waals surface area contributed by atoms with Crippen LogP contribution in [0.2, 0.25) is 10.0 Å². The molecule has 262 valence electrons. The van der Waals surface area contributed by atoms with E-state index in [0.717, 1.165) is 31.5 Å². The van der Waals surface area contributed by atoms with Crippen molar-refractivity contribution in [1.82, 2.24) is 25.0 Å². The van der Waals surface area contributed by atoms with E-state index >= 15 is 0 Å². The summed E-state index contributed by atoms with van der Waals surface area (Å²) >= 11 is 13.6. The topological polar surface area (TPSA) is 151 Å². The number of methoxy groups -OCH3 is 1. The van der Waals surface area contributed by atoms with Crippen molar-refractivity contribution in [3.63, 3.8) is 0 Å². The number of aromatic nitrogens is 3. The summed E-state index contributed by atoms with van der Waals surface area (Å²) in [6, 6.07) is 13.1. The van der Waals surface area contributed by atoms with Gasteiger partial charge in [-0.25, -0.2) is 9.37 Å². The second kappa shape index (κ2) is 15.7. The highest BCUT2D eigenvalue weighted by Gasteiger charge is 2.36. The van der Waals surface area contributed by atoms with Crippen LogP contribution >= 0.6 is 23.2 Å². The molecule has 2 atom stereocenters. The number of nitrogens with zero attached hydrogens (tertiary/aromatic N) is 4. The molecule has 2 aliphatic heterocycles. The first-order valence-electron chi connectivity index (χ1n) is 16.2. The molecule has 1 fully saturated rings. The Morgan fingerprint density at radius 1 is 1.00 bits per heavy atom. The average Bonchev–Trinajstić information content (AvgIpc) is 3.78. The minimum absolute atomic E-state index is 0.0422. The molecule has 1 saturated heterocycles. The number of anilines is 2. The lowest BCUT2D eigenvalue weighted by molar-refractivity contribution is -0.145. The molecule has 15 heteroatoms. The van der Waals surface area contributed by atoms with E-state index in [0.29, 0.717) is 42.0 Å². The van der Waals surface area contributed by atoms with Crippen molar-refractivity contribution in [2.24, 2.45) is 5.92 Å². The average molecular weight is 725 g/mol. The van der Waals surface area contributed by atoms with Gasteiger partial charge in [-0.15, -0.1) is 0 Å². The third-order valence-corrected chi connectivity index (χ3v) is 9.76. The minimum atomic E-state index is -0.804. The maximum absolute atomic E-state index is 14.8. The Balaban J connectivity index is 1.17. The molecular weight excluding hydrogens is 688 g/mol. The largest absolute Gasteiger partial charge is 0.469 e. The number of hydrogen-bond donors (Lipinski definition) is 4. The second-order valence-corrected chi connectivity index (χ2v) is 12.9. The fourth-order valence-corrected chi connectivity index (χ4v) is 7.01. The van der Waals surface area contributed by atoms with Crippen molar-refractivity contribution in [1.29, 1.82) is 0 Å². The van der Waals surface area contributed by atoms with E-state index in [4.69, 9.17) is 33.0 Å². The first-order chi connectivity index (χ1) is 24.2. The van der Waals surface area contributed by atoms with Crippen LogP contribution in [0.1, 0.15) is 57.5 Å². The van der Waals surface area contributed by atoms with Gasteiger partial charge in [0.15, 0.2) is 17.2 Å². The van der Waals surface area contributed by atoms with Gasteiger partial charge in [0.25, 0.3) is 11.8 Å². The fraction of sp³-hybridized carbons (Fsp3) is 0.343. The highest BCUT2D eigenvalue weighted by Crippen LogP contribution is 2.41. The number of amides is 2. The van der Waals surface area contributed by atoms with Gasteiger partial charge in [-0.05, 0) is 55.6 Å². The standard InChI is InChI=1S/C35H36Cl2FN7O5/c1-50-35(49)21-10-13-44(19-21)28-9-4-12-45-29(28)16-27(43-45)33(47)41-25-7-2-5-22(30(25)36)23-6-3-8-26(31(23)37)42-34(48)32-24(38)15-20(18-40-32)17-39-11-14-46/h2-3,5-8,15-16,18,21,28,39,46H,4,9-14,17,19H2,1H3,(H,41,47)(H,42,48)/t21-,28?/m1/s1. The number of rotatable bonds is 11. The number of carbonyl (C=O) groups excluding carboxylic acids is 3. The van der Waals surface area contributed by atoms with Crippen LogP contribution in [0.25, 0.3) is 11.1 Å². The normalized spacial score (nSPS) is 17.3. The van der Waals surface area contributed by atoms with Crippen molar-refractivity contribution in [2.75, 3.05) is 44.0 Å². The Morgan fingerprint density at radius 3 is 2.36 bits per heavy atom. The summed E-state index contributed by atoms with van der Waals surface area (Å²) < 4.78 is 21.6. The van der Waals surface area contributed by atoms with Gasteiger partial charge >= 0.3 is 5.97 Å². The molecule has 0 spiro atoms. The molecule has 4 heterocycles. The molecule has 0 aliphatic carbocycles. The Labute approximate surface area is 297 Å². The SMILES string of the molecule is COC(=O)[C@@H]1CCN(C2CCCn3nc(C(=O)Nc4cccc(-c5cccc(NC(=O)c6ncc(CNCCO)cc6F)c5Cl)c4Cl)cc32)C1. The second-order valence-electron chi connectivity index (χ2n) is 12.2. The quantitative estimate of drug-likeness (QED) is 0.119. The lowest BCUT2D eigenvalue weighted by atomic mass is 10.0. The number of nitrogens with one attached hydrogen (secondary N) is 3. The number of hydrogen-bond acceptors (Lipinski definition) is 9. The molecule has 1 unspecified atom stereocenters. The van der Waals surface area contributed by atoms with E-state index in [1.54, 1.807) is 42.5 Å². The van der Waals surface area contributed by atoms with Gasteiger partial charge in [-0.2, -0.15) is 5.10 Å². The van der Waals surface area contributed by atoms with Gasteiger partial charge in [0.2, 0.25) is 0 Å². The van der Waals surface area contributed by atoms with E-state index in [-0.39, 0.29) is 52.5 Å². The molecule has 0 bridgehead atoms. The van der Waals surface area contributed by atoms with E-state index in [1.807, 2.05) is 4.68 Å². The van der Waals surface area contributed by atoms with Gasteiger partial charge in [-0.1, -0.05) is 47.5 Å². The number of likely N-dealkylation sites (tertiary alicyclic amines) is 1. The number of aryl methyl sites for hydroxylation is 1. The number of aliphatic hydroxyl groups is 1. The zero-order valence-electron chi connectivity index (χ0n) is 27.2. The molecule has 2 amide bonds. The Morgan fingerprint density at radius 2 is 1.70 bits per heavy atom. The number of halogens is 3. The van der Waals surface area contributed by atoms with Crippen molar-refractivity contribution < 1.29 is 28.6 Å². The molecule has 12 nitrogen and oxygen atoms in total. The van der Waals surface area contributed by atoms with Gasteiger partial charge in [0.05, 0.1) is 52.8 Å². The zero-order chi connectivity index (χ0) is 35.4. The molecular formula is C35H36Cl2FN7O5. The summed E-state index contributed by atoms with van der Waals surface area (Å²) in [6.07, 6.45) is 3.91. The first-order valence-corrected chi connectivity index (χ1v) is 17.0. The van der Waals surface area contributed by atoms with Crippen LogP contribution in [0.5, 0.6) is 0 Å². The van der Waals surface area contributed by atoms with Crippen LogP contribution in [0.3, 0.4) is 0 Å². The molecule has 6 rings (SSSR count). The predicted octanol–water partition coefficient (Wildman–Crippen LogP) is 5.31. The number of carbonyl (C=O) groups is 3. The summed E-state index contributed by atoms with van der Waals surface area (Å²) in [5.41, 5.74) is 2.80. The van der Waals surface area contributed by atoms with Crippen LogP contribution in [0, 0.1) is 11.7 Å². The van der Waals surface area contributed by atoms with Gasteiger partial charge in [0, 0.05) is 43.5 Å². The van der Waals surface area contributed by atoms with Crippen molar-refractivity contribution in [3.05, 3.63) is 93.2 Å². The molecule has 2 aromatic carbocycles. The van der Waals surface area contributed by atoms with Crippen LogP contribution < -0.4 is 16.0 Å². The lowest BCUT2D eigenvalue weighted by Crippen LogP contribution is -2.32. The summed E-state index contributed by atoms with van der Waals surface area (Å²) in [4.78, 5) is 44.8.